The zero-order valence-corrected chi connectivity index (χ0v) is 11.4. The maximum Gasteiger partial charge on any atom is 0.229 e. The summed E-state index contributed by atoms with van der Waals surface area (Å²) in [5.41, 5.74) is 0.352. The Morgan fingerprint density at radius 1 is 1.58 bits per heavy atom. The molecule has 0 aromatic heterocycles. The lowest BCUT2D eigenvalue weighted by Gasteiger charge is -2.13. The van der Waals surface area contributed by atoms with E-state index in [4.69, 9.17) is 11.6 Å². The molecule has 6 heteroatoms. The summed E-state index contributed by atoms with van der Waals surface area (Å²) in [6.45, 7) is 3.26. The number of carbonyl (C=O) groups is 1. The summed E-state index contributed by atoms with van der Waals surface area (Å²) in [4.78, 5) is 17.6. The van der Waals surface area contributed by atoms with Gasteiger partial charge in [-0.2, -0.15) is 0 Å². The zero-order valence-electron chi connectivity index (χ0n) is 10.6. The van der Waals surface area contributed by atoms with Crippen LogP contribution < -0.4 is 5.32 Å². The fraction of sp³-hybridized carbons (Fsp3) is 0.385. The maximum atomic E-state index is 11.9. The van der Waals surface area contributed by atoms with Gasteiger partial charge in [0, 0.05) is 30.6 Å². The average Bonchev–Trinajstić information content (AvgIpc) is 2.51. The Morgan fingerprint density at radius 2 is 2.37 bits per heavy atom. The minimum absolute atomic E-state index is 0.0165. The Balaban J connectivity index is 2.13. The zero-order chi connectivity index (χ0) is 13.8. The summed E-state index contributed by atoms with van der Waals surface area (Å²) in [6, 6.07) is 4.78. The number of nitrogens with one attached hydrogen (secondary N) is 1. The number of phenols is 1. The molecule has 102 valence electrons. The van der Waals surface area contributed by atoms with Crippen LogP contribution >= 0.6 is 11.6 Å². The summed E-state index contributed by atoms with van der Waals surface area (Å²) in [6.07, 6.45) is 1.89. The van der Waals surface area contributed by atoms with Gasteiger partial charge in [-0.1, -0.05) is 11.6 Å². The Kier molecular flexibility index (Phi) is 4.39. The van der Waals surface area contributed by atoms with E-state index in [1.165, 1.54) is 12.4 Å². The second-order valence-electron chi connectivity index (χ2n) is 4.52. The summed E-state index contributed by atoms with van der Waals surface area (Å²) in [5, 5.41) is 13.4. The highest BCUT2D eigenvalue weighted by molar-refractivity contribution is 6.30. The molecule has 1 fully saturated rings. The molecule has 0 spiro atoms. The Hall–Kier alpha value is -1.59. The van der Waals surface area contributed by atoms with Gasteiger partial charge in [0.1, 0.15) is 11.4 Å². The third-order valence-corrected chi connectivity index (χ3v) is 3.16. The van der Waals surface area contributed by atoms with Crippen molar-refractivity contribution in [1.29, 1.82) is 0 Å². The van der Waals surface area contributed by atoms with E-state index in [0.717, 1.165) is 6.54 Å². The molecule has 1 aliphatic rings. The standard InChI is InChI=1S/C13H16ClN3O2/c1-9-6-13(19)17(5-4-15-9)8-16-11-7-10(14)2-3-12(11)18/h2-3,7-9,15,18H,4-6H2,1H3/b16-8+. The van der Waals surface area contributed by atoms with Crippen LogP contribution in [-0.2, 0) is 4.79 Å². The van der Waals surface area contributed by atoms with Crippen molar-refractivity contribution >= 4 is 29.5 Å². The number of aliphatic imine (C=N–C) groups is 1. The van der Waals surface area contributed by atoms with Gasteiger partial charge in [0.25, 0.3) is 0 Å². The smallest absolute Gasteiger partial charge is 0.229 e. The van der Waals surface area contributed by atoms with Crippen LogP contribution in [0.25, 0.3) is 0 Å². The number of nitrogens with zero attached hydrogens (tertiary/aromatic N) is 2. The van der Waals surface area contributed by atoms with Crippen LogP contribution in [0.3, 0.4) is 0 Å². The molecule has 0 saturated carbocycles. The first-order valence-corrected chi connectivity index (χ1v) is 6.49. The van der Waals surface area contributed by atoms with E-state index in [1.54, 1.807) is 17.0 Å². The topological polar surface area (TPSA) is 64.9 Å². The number of hydrogen-bond donors (Lipinski definition) is 2. The molecule has 0 radical (unpaired) electrons. The number of halogens is 1. The second kappa shape index (κ2) is 6.04. The Bertz CT molecular complexity index is 505. The summed E-state index contributed by atoms with van der Waals surface area (Å²) >= 11 is 5.84. The highest BCUT2D eigenvalue weighted by Gasteiger charge is 2.18. The van der Waals surface area contributed by atoms with Gasteiger partial charge >= 0.3 is 0 Å². The number of rotatable bonds is 2. The van der Waals surface area contributed by atoms with Crippen molar-refractivity contribution in [2.75, 3.05) is 13.1 Å². The Morgan fingerprint density at radius 3 is 3.16 bits per heavy atom. The molecule has 2 N–H and O–H groups in total. The normalized spacial score (nSPS) is 20.8. The van der Waals surface area contributed by atoms with Crippen molar-refractivity contribution in [1.82, 2.24) is 10.2 Å². The minimum atomic E-state index is 0.0165. The monoisotopic (exact) mass is 281 g/mol. The van der Waals surface area contributed by atoms with E-state index in [0.29, 0.717) is 23.7 Å². The summed E-state index contributed by atoms with van der Waals surface area (Å²) in [7, 11) is 0. The molecule has 1 aliphatic heterocycles. The molecule has 0 bridgehead atoms. The number of carbonyl (C=O) groups excluding carboxylic acids is 1. The van der Waals surface area contributed by atoms with Crippen LogP contribution in [0.1, 0.15) is 13.3 Å². The molecule has 19 heavy (non-hydrogen) atoms. The van der Waals surface area contributed by atoms with Crippen molar-refractivity contribution in [3.63, 3.8) is 0 Å². The van der Waals surface area contributed by atoms with Crippen molar-refractivity contribution in [3.8, 4) is 5.75 Å². The lowest BCUT2D eigenvalue weighted by Crippen LogP contribution is -2.30. The highest BCUT2D eigenvalue weighted by Crippen LogP contribution is 2.28. The molecule has 1 aromatic rings. The number of aromatic hydroxyl groups is 1. The van der Waals surface area contributed by atoms with Gasteiger partial charge in [-0.05, 0) is 25.1 Å². The van der Waals surface area contributed by atoms with Crippen LogP contribution in [0.2, 0.25) is 5.02 Å². The predicted octanol–water partition coefficient (Wildman–Crippen LogP) is 1.92. The van der Waals surface area contributed by atoms with E-state index in [2.05, 4.69) is 10.3 Å². The lowest BCUT2D eigenvalue weighted by molar-refractivity contribution is -0.126. The number of benzene rings is 1. The van der Waals surface area contributed by atoms with Crippen molar-refractivity contribution < 1.29 is 9.90 Å². The van der Waals surface area contributed by atoms with Crippen LogP contribution in [-0.4, -0.2) is 41.4 Å². The predicted molar refractivity (Wildman–Crippen MR) is 75.1 cm³/mol. The van der Waals surface area contributed by atoms with Crippen LogP contribution in [0.4, 0.5) is 5.69 Å². The lowest BCUT2D eigenvalue weighted by atomic mass is 10.2. The molecular weight excluding hydrogens is 266 g/mol. The van der Waals surface area contributed by atoms with Crippen LogP contribution in [0.15, 0.2) is 23.2 Å². The van der Waals surface area contributed by atoms with E-state index in [1.807, 2.05) is 6.92 Å². The van der Waals surface area contributed by atoms with Gasteiger partial charge < -0.3 is 15.3 Å². The van der Waals surface area contributed by atoms with Crippen molar-refractivity contribution in [3.05, 3.63) is 23.2 Å². The first-order valence-electron chi connectivity index (χ1n) is 6.12. The number of amides is 1. The SMILES string of the molecule is CC1CC(=O)N(/C=N/c2cc(Cl)ccc2O)CCN1. The van der Waals surface area contributed by atoms with E-state index in [-0.39, 0.29) is 17.7 Å². The van der Waals surface area contributed by atoms with Crippen molar-refractivity contribution in [2.24, 2.45) is 4.99 Å². The van der Waals surface area contributed by atoms with Gasteiger partial charge in [0.05, 0.1) is 6.34 Å². The Labute approximate surface area is 116 Å². The van der Waals surface area contributed by atoms with E-state index in [9.17, 15) is 9.90 Å². The van der Waals surface area contributed by atoms with Crippen molar-refractivity contribution in [2.45, 2.75) is 19.4 Å². The fourth-order valence-corrected chi connectivity index (χ4v) is 2.03. The van der Waals surface area contributed by atoms with E-state index >= 15 is 0 Å². The van der Waals surface area contributed by atoms with Gasteiger partial charge in [0.2, 0.25) is 5.91 Å². The summed E-state index contributed by atoms with van der Waals surface area (Å²) < 4.78 is 0. The maximum absolute atomic E-state index is 11.9. The minimum Gasteiger partial charge on any atom is -0.506 e. The second-order valence-corrected chi connectivity index (χ2v) is 4.96. The number of phenolic OH excluding ortho intramolecular Hbond substituents is 1. The molecule has 1 unspecified atom stereocenters. The van der Waals surface area contributed by atoms with Crippen LogP contribution in [0, 0.1) is 0 Å². The van der Waals surface area contributed by atoms with E-state index < -0.39 is 0 Å². The summed E-state index contributed by atoms with van der Waals surface area (Å²) in [5.74, 6) is 0.0529. The third kappa shape index (κ3) is 3.68. The van der Waals surface area contributed by atoms with Gasteiger partial charge in [-0.3, -0.25) is 4.79 Å². The quantitative estimate of drug-likeness (QED) is 0.643. The fourth-order valence-electron chi connectivity index (χ4n) is 1.86. The van der Waals surface area contributed by atoms with Crippen LogP contribution in [0.5, 0.6) is 5.75 Å². The van der Waals surface area contributed by atoms with Gasteiger partial charge in [-0.25, -0.2) is 4.99 Å². The molecule has 0 aliphatic carbocycles. The molecule has 1 heterocycles. The molecule has 1 atom stereocenters. The van der Waals surface area contributed by atoms with Gasteiger partial charge in [0.15, 0.2) is 0 Å². The molecule has 5 nitrogen and oxygen atoms in total. The molecular formula is C13H16ClN3O2. The van der Waals surface area contributed by atoms with Gasteiger partial charge in [-0.15, -0.1) is 0 Å². The molecule has 1 amide bonds. The first kappa shape index (κ1) is 13.8. The largest absolute Gasteiger partial charge is 0.506 e. The third-order valence-electron chi connectivity index (χ3n) is 2.92. The molecule has 1 aromatic carbocycles. The molecule has 1 saturated heterocycles. The first-order chi connectivity index (χ1) is 9.06. The highest BCUT2D eigenvalue weighted by atomic mass is 35.5. The average molecular weight is 282 g/mol. The molecule has 2 rings (SSSR count). The number of hydrogen-bond acceptors (Lipinski definition) is 4.